The lowest BCUT2D eigenvalue weighted by Gasteiger charge is -2.39. The highest BCUT2D eigenvalue weighted by molar-refractivity contribution is 7.87. The molecule has 1 aromatic rings. The van der Waals surface area contributed by atoms with Gasteiger partial charge in [-0.3, -0.25) is 19.2 Å². The van der Waals surface area contributed by atoms with Gasteiger partial charge in [0, 0.05) is 33.2 Å². The highest BCUT2D eigenvalue weighted by Gasteiger charge is 2.70. The van der Waals surface area contributed by atoms with E-state index < -0.39 is 80.8 Å². The molecule has 6 amide bonds. The monoisotopic (exact) mass is 789 g/mol. The van der Waals surface area contributed by atoms with Gasteiger partial charge in [0.15, 0.2) is 0 Å². The summed E-state index contributed by atoms with van der Waals surface area (Å²) in [6.07, 6.45) is 0.980. The average molecular weight is 790 g/mol. The summed E-state index contributed by atoms with van der Waals surface area (Å²) >= 11 is 0. The number of likely N-dealkylation sites (tertiary alicyclic amines) is 1. The molecule has 0 bridgehead atoms. The van der Waals surface area contributed by atoms with Gasteiger partial charge in [0.2, 0.25) is 17.6 Å². The standard InChI is InChI=1S/C38H59N7O9S/c1-36(2,3)26(20-43(9)55(52,53)44(10)35(51)54-21-23-14-12-11-13-15-23)41-34(50)42-30(37(4,5)6)33(49)45-19-24-27(38(24,7)8)28(45)32(48)40-25(18-22-16-17-22)29(46)31(39)47/h11-15,22,24-28,30H,16-21H2,1-10H3,(H2,39,47)(H,40,48)(H2,41,42,50)/t24-,25+,26+,27-,28-,30+/m0/s1. The van der Waals surface area contributed by atoms with E-state index in [2.05, 4.69) is 16.0 Å². The molecule has 0 unspecified atom stereocenters. The highest BCUT2D eigenvalue weighted by atomic mass is 32.2. The normalized spacial score (nSPS) is 22.1. The predicted molar refractivity (Wildman–Crippen MR) is 204 cm³/mol. The SMILES string of the molecule is CN(C[C@@H](NC(=O)N[C@H](C(=O)N1C[C@H]2[C@@H]([C@H]1C(=O)N[C@H](CC1CC1)C(=O)C(N)=O)C2(C)C)C(C)(C)C)C(C)(C)C)S(=O)(=O)N(C)C(=O)OCc1ccccc1. The number of carbonyl (C=O) groups excluding carboxylic acids is 6. The molecule has 16 nitrogen and oxygen atoms in total. The zero-order valence-electron chi connectivity index (χ0n) is 33.7. The lowest BCUT2D eigenvalue weighted by Crippen LogP contribution is -2.63. The Bertz CT molecular complexity index is 1750. The number of ketones is 1. The topological polar surface area (TPSA) is 218 Å². The maximum Gasteiger partial charge on any atom is 0.424 e. The lowest BCUT2D eigenvalue weighted by molar-refractivity contribution is -0.145. The summed E-state index contributed by atoms with van der Waals surface area (Å²) < 4.78 is 33.5. The molecular formula is C38H59N7O9S. The molecule has 3 aliphatic rings. The number of primary amides is 1. The number of nitrogens with two attached hydrogens (primary N) is 1. The molecule has 306 valence electrons. The first kappa shape index (κ1) is 43.5. The molecule has 0 spiro atoms. The van der Waals surface area contributed by atoms with Crippen LogP contribution in [0.15, 0.2) is 30.3 Å². The van der Waals surface area contributed by atoms with E-state index in [4.69, 9.17) is 10.5 Å². The van der Waals surface area contributed by atoms with Crippen molar-refractivity contribution in [3.63, 3.8) is 0 Å². The zero-order chi connectivity index (χ0) is 41.4. The van der Waals surface area contributed by atoms with E-state index in [1.807, 2.05) is 34.6 Å². The van der Waals surface area contributed by atoms with Gasteiger partial charge >= 0.3 is 22.3 Å². The van der Waals surface area contributed by atoms with Gasteiger partial charge in [-0.1, -0.05) is 98.6 Å². The number of carbonyl (C=O) groups is 6. The molecule has 2 aliphatic carbocycles. The molecule has 55 heavy (non-hydrogen) atoms. The second-order valence-corrected chi connectivity index (χ2v) is 20.1. The first-order valence-electron chi connectivity index (χ1n) is 18.7. The van der Waals surface area contributed by atoms with Crippen LogP contribution < -0.4 is 21.7 Å². The van der Waals surface area contributed by atoms with Gasteiger partial charge in [0.1, 0.15) is 18.7 Å². The Kier molecular flexibility index (Phi) is 12.7. The minimum atomic E-state index is -4.38. The minimum absolute atomic E-state index is 0.00637. The fourth-order valence-corrected chi connectivity index (χ4v) is 8.30. The first-order chi connectivity index (χ1) is 25.3. The third kappa shape index (κ3) is 10.1. The van der Waals surface area contributed by atoms with E-state index >= 15 is 0 Å². The number of hydrogen-bond donors (Lipinski definition) is 4. The fraction of sp³-hybridized carbons (Fsp3) is 0.684. The Morgan fingerprint density at radius 3 is 2.07 bits per heavy atom. The van der Waals surface area contributed by atoms with E-state index in [9.17, 15) is 37.2 Å². The molecular weight excluding hydrogens is 731 g/mol. The molecule has 0 aromatic heterocycles. The number of nitrogens with one attached hydrogen (secondary N) is 3. The van der Waals surface area contributed by atoms with Crippen molar-refractivity contribution < 1.29 is 41.9 Å². The lowest BCUT2D eigenvalue weighted by atomic mass is 9.85. The molecule has 2 saturated carbocycles. The summed E-state index contributed by atoms with van der Waals surface area (Å²) in [5.74, 6) is -3.05. The van der Waals surface area contributed by atoms with E-state index in [-0.39, 0.29) is 49.3 Å². The Morgan fingerprint density at radius 1 is 0.945 bits per heavy atom. The Labute approximate surface area is 324 Å². The summed E-state index contributed by atoms with van der Waals surface area (Å²) in [6.45, 7) is 14.7. The number of nitrogens with zero attached hydrogens (tertiary/aromatic N) is 3. The summed E-state index contributed by atoms with van der Waals surface area (Å²) in [5.41, 5.74) is 4.21. The maximum atomic E-state index is 14.4. The predicted octanol–water partition coefficient (Wildman–Crippen LogP) is 2.38. The van der Waals surface area contributed by atoms with Crippen molar-refractivity contribution in [1.82, 2.24) is 29.5 Å². The van der Waals surface area contributed by atoms with Crippen LogP contribution in [0.5, 0.6) is 0 Å². The third-order valence-electron chi connectivity index (χ3n) is 11.3. The highest BCUT2D eigenvalue weighted by Crippen LogP contribution is 2.65. The van der Waals surface area contributed by atoms with Gasteiger partial charge in [-0.15, -0.1) is 0 Å². The molecule has 1 saturated heterocycles. The molecule has 0 radical (unpaired) electrons. The molecule has 1 aliphatic heterocycles. The van der Waals surface area contributed by atoms with E-state index in [1.165, 1.54) is 11.9 Å². The van der Waals surface area contributed by atoms with E-state index in [0.29, 0.717) is 9.87 Å². The number of urea groups is 1. The summed E-state index contributed by atoms with van der Waals surface area (Å²) in [6, 6.07) is 4.12. The van der Waals surface area contributed by atoms with Crippen LogP contribution >= 0.6 is 0 Å². The second-order valence-electron chi connectivity index (χ2n) is 18.0. The van der Waals surface area contributed by atoms with Gasteiger partial charge in [0.05, 0.1) is 6.04 Å². The molecule has 1 aromatic carbocycles. The number of fused-ring (bicyclic) bond motifs is 1. The van der Waals surface area contributed by atoms with Crippen LogP contribution in [0.3, 0.4) is 0 Å². The number of benzene rings is 1. The van der Waals surface area contributed by atoms with Crippen molar-refractivity contribution >= 4 is 45.8 Å². The molecule has 5 N–H and O–H groups in total. The Balaban J connectivity index is 1.47. The second kappa shape index (κ2) is 16.1. The largest absolute Gasteiger partial charge is 0.444 e. The summed E-state index contributed by atoms with van der Waals surface area (Å²) in [7, 11) is -2.00. The van der Waals surface area contributed by atoms with Gasteiger partial charge < -0.3 is 31.3 Å². The number of piperidine rings is 1. The number of amides is 6. The number of hydrogen-bond acceptors (Lipinski definition) is 9. The van der Waals surface area contributed by atoms with Crippen LogP contribution in [-0.2, 0) is 40.7 Å². The van der Waals surface area contributed by atoms with Crippen LogP contribution in [0, 0.1) is 34.0 Å². The molecule has 17 heteroatoms. The van der Waals surface area contributed by atoms with Crippen molar-refractivity contribution in [2.45, 2.75) is 105 Å². The number of rotatable bonds is 15. The smallest absolute Gasteiger partial charge is 0.424 e. The first-order valence-corrected chi connectivity index (χ1v) is 20.1. The Hall–Kier alpha value is -4.25. The quantitative estimate of drug-likeness (QED) is 0.192. The van der Waals surface area contributed by atoms with Gasteiger partial charge in [0.25, 0.3) is 5.91 Å². The van der Waals surface area contributed by atoms with Gasteiger partial charge in [-0.2, -0.15) is 17.0 Å². The van der Waals surface area contributed by atoms with Crippen LogP contribution in [0.1, 0.15) is 80.2 Å². The van der Waals surface area contributed by atoms with E-state index in [1.54, 1.807) is 51.1 Å². The van der Waals surface area contributed by atoms with Crippen LogP contribution in [0.2, 0.25) is 0 Å². The van der Waals surface area contributed by atoms with Crippen molar-refractivity contribution in [3.8, 4) is 0 Å². The van der Waals surface area contributed by atoms with Gasteiger partial charge in [-0.05, 0) is 46.0 Å². The maximum absolute atomic E-state index is 14.4. The number of ether oxygens (including phenoxy) is 1. The van der Waals surface area contributed by atoms with Crippen molar-refractivity contribution in [2.24, 2.45) is 39.7 Å². The molecule has 6 atom stereocenters. The molecule has 1 heterocycles. The summed E-state index contributed by atoms with van der Waals surface area (Å²) in [4.78, 5) is 80.8. The zero-order valence-corrected chi connectivity index (χ0v) is 34.5. The fourth-order valence-electron chi connectivity index (χ4n) is 7.31. The van der Waals surface area contributed by atoms with Crippen LogP contribution in [0.4, 0.5) is 9.59 Å². The minimum Gasteiger partial charge on any atom is -0.444 e. The van der Waals surface area contributed by atoms with Crippen molar-refractivity contribution in [2.75, 3.05) is 27.2 Å². The molecule has 4 rings (SSSR count). The van der Waals surface area contributed by atoms with Crippen LogP contribution in [0.25, 0.3) is 0 Å². The third-order valence-corrected chi connectivity index (χ3v) is 13.1. The van der Waals surface area contributed by atoms with Crippen LogP contribution in [-0.4, -0.2) is 109 Å². The Morgan fingerprint density at radius 2 is 1.55 bits per heavy atom. The van der Waals surface area contributed by atoms with E-state index in [0.717, 1.165) is 24.2 Å². The summed E-state index contributed by atoms with van der Waals surface area (Å²) in [5, 5.41) is 8.38. The van der Waals surface area contributed by atoms with Crippen molar-refractivity contribution in [1.29, 1.82) is 0 Å². The average Bonchev–Trinajstić information content (AvgIpc) is 3.94. The van der Waals surface area contributed by atoms with Crippen molar-refractivity contribution in [3.05, 3.63) is 35.9 Å². The number of likely N-dealkylation sites (N-methyl/N-ethyl adjacent to an activating group) is 1. The van der Waals surface area contributed by atoms with Gasteiger partial charge in [-0.25, -0.2) is 9.59 Å². The molecule has 3 fully saturated rings. The number of Topliss-reactive ketones (excluding diaryl/α,β-unsaturated/α-hetero) is 1.